The largest absolute Gasteiger partial charge is 0.497 e. The molecule has 0 aromatic heterocycles. The van der Waals surface area contributed by atoms with Gasteiger partial charge < -0.3 is 9.64 Å². The Morgan fingerprint density at radius 3 is 2.57 bits per heavy atom. The number of benzene rings is 2. The third-order valence-electron chi connectivity index (χ3n) is 3.25. The van der Waals surface area contributed by atoms with Crippen LogP contribution in [0.4, 0.5) is 5.69 Å². The number of nitrogens with zero attached hydrogens (tertiary/aromatic N) is 2. The van der Waals surface area contributed by atoms with Gasteiger partial charge in [0.05, 0.1) is 25.2 Å². The molecule has 0 saturated carbocycles. The molecule has 4 nitrogen and oxygen atoms in total. The zero-order valence-corrected chi connectivity index (χ0v) is 12.0. The molecule has 0 aliphatic carbocycles. The molecule has 0 fully saturated rings. The van der Waals surface area contributed by atoms with Crippen LogP contribution in [0.5, 0.6) is 5.75 Å². The third kappa shape index (κ3) is 3.61. The number of nitriles is 1. The molecule has 1 amide bonds. The Kier molecular flexibility index (Phi) is 4.57. The van der Waals surface area contributed by atoms with E-state index in [1.54, 1.807) is 43.3 Å². The Labute approximate surface area is 124 Å². The number of rotatable bonds is 4. The Hall–Kier alpha value is -2.80. The van der Waals surface area contributed by atoms with E-state index in [1.165, 1.54) is 0 Å². The first kappa shape index (κ1) is 14.6. The highest BCUT2D eigenvalue weighted by atomic mass is 16.5. The van der Waals surface area contributed by atoms with Gasteiger partial charge in [0.15, 0.2) is 0 Å². The molecular weight excluding hydrogens is 264 g/mol. The van der Waals surface area contributed by atoms with Crippen LogP contribution in [0.25, 0.3) is 0 Å². The lowest BCUT2D eigenvalue weighted by molar-refractivity contribution is -0.117. The summed E-state index contributed by atoms with van der Waals surface area (Å²) in [6, 6.07) is 16.4. The first-order chi connectivity index (χ1) is 10.1. The van der Waals surface area contributed by atoms with Crippen molar-refractivity contribution in [1.29, 1.82) is 5.26 Å². The molecule has 0 spiro atoms. The molecule has 21 heavy (non-hydrogen) atoms. The lowest BCUT2D eigenvalue weighted by Gasteiger charge is -2.17. The first-order valence-electron chi connectivity index (χ1n) is 6.53. The maximum Gasteiger partial charge on any atom is 0.231 e. The van der Waals surface area contributed by atoms with Gasteiger partial charge in [-0.3, -0.25) is 4.79 Å². The topological polar surface area (TPSA) is 53.3 Å². The molecule has 0 bridgehead atoms. The molecule has 0 aliphatic heterocycles. The van der Waals surface area contributed by atoms with Crippen molar-refractivity contribution in [1.82, 2.24) is 0 Å². The van der Waals surface area contributed by atoms with Crippen LogP contribution in [-0.2, 0) is 11.2 Å². The van der Waals surface area contributed by atoms with Crippen LogP contribution >= 0.6 is 0 Å². The molecule has 2 aromatic carbocycles. The van der Waals surface area contributed by atoms with E-state index in [0.29, 0.717) is 12.0 Å². The number of hydrogen-bond donors (Lipinski definition) is 0. The molecule has 2 rings (SSSR count). The molecule has 0 atom stereocenters. The van der Waals surface area contributed by atoms with Crippen molar-refractivity contribution in [3.05, 3.63) is 59.7 Å². The van der Waals surface area contributed by atoms with E-state index in [-0.39, 0.29) is 5.91 Å². The van der Waals surface area contributed by atoms with E-state index in [9.17, 15) is 4.79 Å². The van der Waals surface area contributed by atoms with Crippen molar-refractivity contribution in [3.8, 4) is 11.8 Å². The zero-order chi connectivity index (χ0) is 15.2. The minimum atomic E-state index is -0.0204. The summed E-state index contributed by atoms with van der Waals surface area (Å²) in [5, 5.41) is 8.78. The molecule has 0 unspecified atom stereocenters. The molecule has 0 aliphatic rings. The third-order valence-corrected chi connectivity index (χ3v) is 3.25. The van der Waals surface area contributed by atoms with Gasteiger partial charge in [0.2, 0.25) is 5.91 Å². The second-order valence-corrected chi connectivity index (χ2v) is 4.64. The smallest absolute Gasteiger partial charge is 0.231 e. The summed E-state index contributed by atoms with van der Waals surface area (Å²) < 4.78 is 5.15. The van der Waals surface area contributed by atoms with Gasteiger partial charge in [-0.1, -0.05) is 12.1 Å². The molecule has 106 valence electrons. The van der Waals surface area contributed by atoms with E-state index in [0.717, 1.165) is 17.0 Å². The zero-order valence-electron chi connectivity index (χ0n) is 12.0. The van der Waals surface area contributed by atoms with Gasteiger partial charge in [-0.05, 0) is 42.0 Å². The summed E-state index contributed by atoms with van der Waals surface area (Å²) in [6.45, 7) is 0. The fraction of sp³-hybridized carbons (Fsp3) is 0.176. The second kappa shape index (κ2) is 6.58. The number of anilines is 1. The van der Waals surface area contributed by atoms with E-state index >= 15 is 0 Å². The molecule has 0 heterocycles. The first-order valence-corrected chi connectivity index (χ1v) is 6.53. The normalized spacial score (nSPS) is 9.76. The van der Waals surface area contributed by atoms with Gasteiger partial charge in [-0.15, -0.1) is 0 Å². The van der Waals surface area contributed by atoms with Crippen molar-refractivity contribution >= 4 is 11.6 Å². The van der Waals surface area contributed by atoms with Crippen LogP contribution in [0.1, 0.15) is 11.1 Å². The molecular formula is C17H16N2O2. The number of likely N-dealkylation sites (N-methyl/N-ethyl adjacent to an activating group) is 1. The number of hydrogen-bond acceptors (Lipinski definition) is 3. The number of carbonyl (C=O) groups is 1. The van der Waals surface area contributed by atoms with Crippen LogP contribution in [0.3, 0.4) is 0 Å². The van der Waals surface area contributed by atoms with Crippen LogP contribution in [0.2, 0.25) is 0 Å². The van der Waals surface area contributed by atoms with E-state index < -0.39 is 0 Å². The molecule has 0 N–H and O–H groups in total. The van der Waals surface area contributed by atoms with Crippen molar-refractivity contribution in [2.75, 3.05) is 19.1 Å². The SMILES string of the molecule is COc1cccc(CC(=O)N(C)c2ccc(C#N)cc2)c1. The summed E-state index contributed by atoms with van der Waals surface area (Å²) in [6.07, 6.45) is 0.299. The van der Waals surface area contributed by atoms with Gasteiger partial charge >= 0.3 is 0 Å². The number of ether oxygens (including phenoxy) is 1. The Morgan fingerprint density at radius 1 is 1.24 bits per heavy atom. The van der Waals surface area contributed by atoms with E-state index in [4.69, 9.17) is 10.00 Å². The Balaban J connectivity index is 2.09. The average molecular weight is 280 g/mol. The number of methoxy groups -OCH3 is 1. The average Bonchev–Trinajstić information content (AvgIpc) is 2.54. The second-order valence-electron chi connectivity index (χ2n) is 4.64. The number of amides is 1. The summed E-state index contributed by atoms with van der Waals surface area (Å²) in [4.78, 5) is 13.9. The monoisotopic (exact) mass is 280 g/mol. The Bertz CT molecular complexity index is 672. The van der Waals surface area contributed by atoms with Crippen molar-refractivity contribution in [3.63, 3.8) is 0 Å². The van der Waals surface area contributed by atoms with Crippen molar-refractivity contribution in [2.45, 2.75) is 6.42 Å². The minimum absolute atomic E-state index is 0.0204. The van der Waals surface area contributed by atoms with Crippen LogP contribution in [0, 0.1) is 11.3 Å². The predicted octanol–water partition coefficient (Wildman–Crippen LogP) is 2.77. The standard InChI is InChI=1S/C17H16N2O2/c1-19(15-8-6-13(12-18)7-9-15)17(20)11-14-4-3-5-16(10-14)21-2/h3-10H,11H2,1-2H3. The Morgan fingerprint density at radius 2 is 1.95 bits per heavy atom. The van der Waals surface area contributed by atoms with Crippen molar-refractivity contribution < 1.29 is 9.53 Å². The summed E-state index contributed by atoms with van der Waals surface area (Å²) in [5.41, 5.74) is 2.24. The van der Waals surface area contributed by atoms with E-state index in [1.807, 2.05) is 24.3 Å². The summed E-state index contributed by atoms with van der Waals surface area (Å²) in [7, 11) is 3.33. The quantitative estimate of drug-likeness (QED) is 0.865. The predicted molar refractivity (Wildman–Crippen MR) is 81.3 cm³/mol. The van der Waals surface area contributed by atoms with Gasteiger partial charge in [-0.2, -0.15) is 5.26 Å². The van der Waals surface area contributed by atoms with Crippen LogP contribution < -0.4 is 9.64 Å². The highest BCUT2D eigenvalue weighted by Gasteiger charge is 2.12. The molecule has 4 heteroatoms. The highest BCUT2D eigenvalue weighted by molar-refractivity contribution is 5.94. The van der Waals surface area contributed by atoms with E-state index in [2.05, 4.69) is 6.07 Å². The fourth-order valence-corrected chi connectivity index (χ4v) is 1.98. The maximum absolute atomic E-state index is 12.3. The van der Waals surface area contributed by atoms with Crippen molar-refractivity contribution in [2.24, 2.45) is 0 Å². The lowest BCUT2D eigenvalue weighted by Crippen LogP contribution is -2.27. The molecule has 0 radical (unpaired) electrons. The fourth-order valence-electron chi connectivity index (χ4n) is 1.98. The minimum Gasteiger partial charge on any atom is -0.497 e. The summed E-state index contributed by atoms with van der Waals surface area (Å²) >= 11 is 0. The number of carbonyl (C=O) groups excluding carboxylic acids is 1. The summed E-state index contributed by atoms with van der Waals surface area (Å²) in [5.74, 6) is 0.717. The molecule has 2 aromatic rings. The van der Waals surface area contributed by atoms with Gasteiger partial charge in [0, 0.05) is 12.7 Å². The van der Waals surface area contributed by atoms with Crippen LogP contribution in [-0.4, -0.2) is 20.1 Å². The lowest BCUT2D eigenvalue weighted by atomic mass is 10.1. The van der Waals surface area contributed by atoms with Gasteiger partial charge in [0.1, 0.15) is 5.75 Å². The van der Waals surface area contributed by atoms with Gasteiger partial charge in [-0.25, -0.2) is 0 Å². The molecule has 0 saturated heterocycles. The van der Waals surface area contributed by atoms with Gasteiger partial charge in [0.25, 0.3) is 0 Å². The highest BCUT2D eigenvalue weighted by Crippen LogP contribution is 2.17. The maximum atomic E-state index is 12.3. The van der Waals surface area contributed by atoms with Crippen LogP contribution in [0.15, 0.2) is 48.5 Å².